The van der Waals surface area contributed by atoms with Crippen LogP contribution in [0.4, 0.5) is 0 Å². The topological polar surface area (TPSA) is 90.0 Å². The van der Waals surface area contributed by atoms with E-state index in [9.17, 15) is 9.59 Å². The number of imidazole rings is 1. The van der Waals surface area contributed by atoms with Gasteiger partial charge in [0.2, 0.25) is 5.91 Å². The molecule has 1 heterocycles. The first-order chi connectivity index (χ1) is 14.9. The quantitative estimate of drug-likeness (QED) is 0.516. The van der Waals surface area contributed by atoms with Gasteiger partial charge in [-0.25, -0.2) is 4.98 Å². The Kier molecular flexibility index (Phi) is 5.29. The molecule has 0 aliphatic rings. The summed E-state index contributed by atoms with van der Waals surface area (Å²) in [6, 6.07) is 19.1. The van der Waals surface area contributed by atoms with E-state index < -0.39 is 5.91 Å². The third-order valence-electron chi connectivity index (χ3n) is 5.45. The van der Waals surface area contributed by atoms with Crippen molar-refractivity contribution in [2.45, 2.75) is 20.4 Å². The Morgan fingerprint density at radius 1 is 1.00 bits per heavy atom. The molecule has 0 aliphatic heterocycles. The number of carbonyl (C=O) groups excluding carboxylic acids is 2. The molecule has 1 aromatic heterocycles. The van der Waals surface area contributed by atoms with Crippen LogP contribution in [-0.4, -0.2) is 28.4 Å². The maximum Gasteiger partial charge on any atom is 0.251 e. The summed E-state index contributed by atoms with van der Waals surface area (Å²) in [5, 5.41) is 2.65. The van der Waals surface area contributed by atoms with Crippen LogP contribution in [0, 0.1) is 6.92 Å². The minimum absolute atomic E-state index is 0.152. The van der Waals surface area contributed by atoms with Crippen LogP contribution in [0.15, 0.2) is 60.7 Å². The van der Waals surface area contributed by atoms with Crippen LogP contribution in [0.25, 0.3) is 33.5 Å². The van der Waals surface area contributed by atoms with Gasteiger partial charge in [0.1, 0.15) is 5.82 Å². The zero-order valence-electron chi connectivity index (χ0n) is 17.8. The van der Waals surface area contributed by atoms with E-state index in [1.54, 1.807) is 19.2 Å². The van der Waals surface area contributed by atoms with E-state index in [1.165, 1.54) is 0 Å². The van der Waals surface area contributed by atoms with Crippen LogP contribution >= 0.6 is 0 Å². The summed E-state index contributed by atoms with van der Waals surface area (Å²) in [6.45, 7) is 4.69. The first-order valence-electron chi connectivity index (χ1n) is 10.2. The van der Waals surface area contributed by atoms with Gasteiger partial charge in [0.15, 0.2) is 0 Å². The van der Waals surface area contributed by atoms with Crippen molar-refractivity contribution >= 4 is 22.8 Å². The number of nitrogens with one attached hydrogen (secondary N) is 1. The number of carbonyl (C=O) groups is 2. The van der Waals surface area contributed by atoms with Gasteiger partial charge in [0.25, 0.3) is 5.91 Å². The Morgan fingerprint density at radius 3 is 2.42 bits per heavy atom. The van der Waals surface area contributed by atoms with Crippen LogP contribution in [-0.2, 0) is 6.54 Å². The number of primary amides is 1. The second kappa shape index (κ2) is 8.07. The van der Waals surface area contributed by atoms with E-state index >= 15 is 0 Å². The van der Waals surface area contributed by atoms with Crippen molar-refractivity contribution in [3.05, 3.63) is 77.4 Å². The number of amides is 2. The largest absolute Gasteiger partial charge is 0.366 e. The maximum atomic E-state index is 12.2. The number of nitrogens with zero attached hydrogens (tertiary/aromatic N) is 2. The summed E-state index contributed by atoms with van der Waals surface area (Å²) in [4.78, 5) is 29.1. The molecule has 0 bridgehead atoms. The van der Waals surface area contributed by atoms with Gasteiger partial charge in [0, 0.05) is 30.3 Å². The summed E-state index contributed by atoms with van der Waals surface area (Å²) in [5.41, 5.74) is 11.9. The Balaban J connectivity index is 1.97. The van der Waals surface area contributed by atoms with Gasteiger partial charge in [-0.05, 0) is 49.2 Å². The lowest BCUT2D eigenvalue weighted by Crippen LogP contribution is -2.17. The second-order valence-electron chi connectivity index (χ2n) is 7.42. The van der Waals surface area contributed by atoms with Crippen molar-refractivity contribution < 1.29 is 9.59 Å². The second-order valence-corrected chi connectivity index (χ2v) is 7.42. The van der Waals surface area contributed by atoms with Gasteiger partial charge in [-0.15, -0.1) is 0 Å². The standard InChI is InChI=1S/C25H24N4O2/c1-4-29-22-12-10-16(25(31)27-3)14-21(22)28-24(29)19-8-6-5-7-17(19)18-11-9-15(2)13-20(18)23(26)30/h5-14H,4H2,1-3H3,(H2,26,30)(H,27,31). The number of benzene rings is 3. The molecule has 0 spiro atoms. The number of hydrogen-bond acceptors (Lipinski definition) is 3. The molecule has 6 heteroatoms. The lowest BCUT2D eigenvalue weighted by molar-refractivity contribution is 0.0961. The van der Waals surface area contributed by atoms with Crippen LogP contribution in [0.5, 0.6) is 0 Å². The van der Waals surface area contributed by atoms with E-state index in [1.807, 2.05) is 55.5 Å². The molecule has 0 saturated carbocycles. The smallest absolute Gasteiger partial charge is 0.251 e. The van der Waals surface area contributed by atoms with E-state index in [-0.39, 0.29) is 5.91 Å². The molecule has 0 unspecified atom stereocenters. The molecule has 2 amide bonds. The molecule has 4 aromatic rings. The highest BCUT2D eigenvalue weighted by atomic mass is 16.1. The average molecular weight is 412 g/mol. The van der Waals surface area contributed by atoms with Crippen LogP contribution in [0.2, 0.25) is 0 Å². The fourth-order valence-electron chi connectivity index (χ4n) is 3.95. The number of aryl methyl sites for hydroxylation is 2. The van der Waals surface area contributed by atoms with Crippen molar-refractivity contribution in [1.82, 2.24) is 14.9 Å². The van der Waals surface area contributed by atoms with Crippen molar-refractivity contribution in [3.8, 4) is 22.5 Å². The highest BCUT2D eigenvalue weighted by Crippen LogP contribution is 2.35. The molecular formula is C25H24N4O2. The predicted molar refractivity (Wildman–Crippen MR) is 123 cm³/mol. The molecule has 31 heavy (non-hydrogen) atoms. The number of nitrogens with two attached hydrogens (primary N) is 1. The fourth-order valence-corrected chi connectivity index (χ4v) is 3.95. The van der Waals surface area contributed by atoms with Crippen molar-refractivity contribution in [3.63, 3.8) is 0 Å². The Labute approximate surface area is 180 Å². The Hall–Kier alpha value is -3.93. The SMILES string of the molecule is CCn1c(-c2ccccc2-c2ccc(C)cc2C(N)=O)nc2cc(C(=O)NC)ccc21. The zero-order valence-corrected chi connectivity index (χ0v) is 17.8. The molecule has 156 valence electrons. The molecule has 0 saturated heterocycles. The monoisotopic (exact) mass is 412 g/mol. The van der Waals surface area contributed by atoms with Gasteiger partial charge in [-0.3, -0.25) is 9.59 Å². The molecular weight excluding hydrogens is 388 g/mol. The highest BCUT2D eigenvalue weighted by molar-refractivity contribution is 6.02. The summed E-state index contributed by atoms with van der Waals surface area (Å²) >= 11 is 0. The Morgan fingerprint density at radius 2 is 1.74 bits per heavy atom. The van der Waals surface area contributed by atoms with Crippen molar-refractivity contribution in [2.24, 2.45) is 5.73 Å². The molecule has 3 N–H and O–H groups in total. The van der Waals surface area contributed by atoms with Gasteiger partial charge in [-0.2, -0.15) is 0 Å². The molecule has 0 radical (unpaired) electrons. The molecule has 0 aliphatic carbocycles. The molecule has 3 aromatic carbocycles. The third-order valence-corrected chi connectivity index (χ3v) is 5.45. The number of rotatable bonds is 5. The van der Waals surface area contributed by atoms with Crippen LogP contribution < -0.4 is 11.1 Å². The van der Waals surface area contributed by atoms with Gasteiger partial charge in [0.05, 0.1) is 11.0 Å². The number of aromatic nitrogens is 2. The summed E-state index contributed by atoms with van der Waals surface area (Å²) in [6.07, 6.45) is 0. The van der Waals surface area contributed by atoms with Crippen molar-refractivity contribution in [1.29, 1.82) is 0 Å². The maximum absolute atomic E-state index is 12.2. The zero-order chi connectivity index (χ0) is 22.1. The predicted octanol–water partition coefficient (Wildman–Crippen LogP) is 4.16. The number of fused-ring (bicyclic) bond motifs is 1. The molecule has 4 rings (SSSR count). The molecule has 6 nitrogen and oxygen atoms in total. The summed E-state index contributed by atoms with van der Waals surface area (Å²) in [5.74, 6) is 0.159. The van der Waals surface area contributed by atoms with Gasteiger partial charge >= 0.3 is 0 Å². The van der Waals surface area contributed by atoms with E-state index in [2.05, 4.69) is 16.8 Å². The lowest BCUT2D eigenvalue weighted by Gasteiger charge is -2.14. The summed E-state index contributed by atoms with van der Waals surface area (Å²) < 4.78 is 2.11. The lowest BCUT2D eigenvalue weighted by atomic mass is 9.93. The highest BCUT2D eigenvalue weighted by Gasteiger charge is 2.19. The van der Waals surface area contributed by atoms with Crippen molar-refractivity contribution in [2.75, 3.05) is 7.05 Å². The van der Waals surface area contributed by atoms with Gasteiger partial charge in [-0.1, -0.05) is 42.0 Å². The van der Waals surface area contributed by atoms with Crippen LogP contribution in [0.3, 0.4) is 0 Å². The fraction of sp³-hybridized carbons (Fsp3) is 0.160. The first kappa shape index (κ1) is 20.3. The minimum atomic E-state index is -0.465. The minimum Gasteiger partial charge on any atom is -0.366 e. The molecule has 0 fully saturated rings. The van der Waals surface area contributed by atoms with E-state index in [0.717, 1.165) is 39.1 Å². The van der Waals surface area contributed by atoms with Crippen LogP contribution in [0.1, 0.15) is 33.2 Å². The first-order valence-corrected chi connectivity index (χ1v) is 10.2. The van der Waals surface area contributed by atoms with E-state index in [0.29, 0.717) is 17.7 Å². The average Bonchev–Trinajstić information content (AvgIpc) is 3.16. The Bertz CT molecular complexity index is 1320. The third kappa shape index (κ3) is 3.57. The number of hydrogen-bond donors (Lipinski definition) is 2. The summed E-state index contributed by atoms with van der Waals surface area (Å²) in [7, 11) is 1.61. The van der Waals surface area contributed by atoms with Gasteiger partial charge < -0.3 is 15.6 Å². The molecule has 0 atom stereocenters. The normalized spacial score (nSPS) is 10.9. The van der Waals surface area contributed by atoms with E-state index in [4.69, 9.17) is 10.7 Å².